The highest BCUT2D eigenvalue weighted by Crippen LogP contribution is 2.26. The summed E-state index contributed by atoms with van der Waals surface area (Å²) in [7, 11) is 0. The molecule has 0 spiro atoms. The number of rotatable bonds is 2. The van der Waals surface area contributed by atoms with E-state index in [1.165, 1.54) is 11.3 Å². The molecule has 0 aliphatic heterocycles. The first-order valence-corrected chi connectivity index (χ1v) is 7.00. The normalized spacial score (nSPS) is 10.0. The predicted molar refractivity (Wildman–Crippen MR) is 83.4 cm³/mol. The number of nitrogens with one attached hydrogen (secondary N) is 2. The van der Waals surface area contributed by atoms with E-state index in [-0.39, 0.29) is 6.03 Å². The first kappa shape index (κ1) is 13.1. The van der Waals surface area contributed by atoms with Crippen LogP contribution >= 0.6 is 11.3 Å². The van der Waals surface area contributed by atoms with Crippen molar-refractivity contribution in [1.29, 1.82) is 5.26 Å². The number of hydrogen-bond donors (Lipinski definition) is 2. The van der Waals surface area contributed by atoms with Crippen molar-refractivity contribution >= 4 is 38.4 Å². The predicted octanol–water partition coefficient (Wildman–Crippen LogP) is 3.81. The van der Waals surface area contributed by atoms with Crippen molar-refractivity contribution in [2.45, 2.75) is 0 Å². The summed E-state index contributed by atoms with van der Waals surface area (Å²) in [4.78, 5) is 16.2. The van der Waals surface area contributed by atoms with Crippen LogP contribution in [0.1, 0.15) is 5.56 Å². The van der Waals surface area contributed by atoms with Crippen LogP contribution in [0.3, 0.4) is 0 Å². The zero-order chi connectivity index (χ0) is 14.7. The molecule has 102 valence electrons. The first-order chi connectivity index (χ1) is 10.2. The molecule has 1 aromatic heterocycles. The summed E-state index contributed by atoms with van der Waals surface area (Å²) < 4.78 is 0.865. The molecule has 3 rings (SSSR count). The van der Waals surface area contributed by atoms with Gasteiger partial charge in [-0.3, -0.25) is 5.32 Å². The van der Waals surface area contributed by atoms with E-state index in [2.05, 4.69) is 21.7 Å². The summed E-state index contributed by atoms with van der Waals surface area (Å²) >= 11 is 1.33. The molecule has 2 N–H and O–H groups in total. The third-order valence-electron chi connectivity index (χ3n) is 2.77. The van der Waals surface area contributed by atoms with Crippen molar-refractivity contribution in [1.82, 2.24) is 4.98 Å². The molecule has 0 saturated carbocycles. The summed E-state index contributed by atoms with van der Waals surface area (Å²) in [5.74, 6) is 0. The Balaban J connectivity index is 1.76. The number of nitriles is 1. The van der Waals surface area contributed by atoms with Crippen molar-refractivity contribution in [2.24, 2.45) is 0 Å². The minimum Gasteiger partial charge on any atom is -0.308 e. The van der Waals surface area contributed by atoms with Gasteiger partial charge in [0.15, 0.2) is 5.13 Å². The van der Waals surface area contributed by atoms with Crippen LogP contribution in [0.5, 0.6) is 0 Å². The van der Waals surface area contributed by atoms with Gasteiger partial charge < -0.3 is 5.32 Å². The first-order valence-electron chi connectivity index (χ1n) is 6.18. The third-order valence-corrected chi connectivity index (χ3v) is 3.70. The second kappa shape index (κ2) is 5.61. The number of hydrogen-bond acceptors (Lipinski definition) is 4. The lowest BCUT2D eigenvalue weighted by atomic mass is 10.2. The fraction of sp³-hybridized carbons (Fsp3) is 0. The van der Waals surface area contributed by atoms with Gasteiger partial charge in [-0.15, -0.1) is 0 Å². The topological polar surface area (TPSA) is 77.8 Å². The smallest absolute Gasteiger partial charge is 0.308 e. The van der Waals surface area contributed by atoms with Crippen LogP contribution < -0.4 is 10.6 Å². The summed E-state index contributed by atoms with van der Waals surface area (Å²) in [6, 6.07) is 16.1. The van der Waals surface area contributed by atoms with Crippen LogP contribution in [0.15, 0.2) is 48.5 Å². The maximum atomic E-state index is 11.9. The van der Waals surface area contributed by atoms with Crippen molar-refractivity contribution in [3.05, 3.63) is 54.1 Å². The second-order valence-corrected chi connectivity index (χ2v) is 5.29. The number of carbonyl (C=O) groups excluding carboxylic acids is 1. The number of amides is 2. The highest BCUT2D eigenvalue weighted by Gasteiger charge is 2.08. The Bertz CT molecular complexity index is 836. The van der Waals surface area contributed by atoms with E-state index in [1.807, 2.05) is 18.2 Å². The number of nitrogens with zero attached hydrogens (tertiary/aromatic N) is 2. The molecule has 0 radical (unpaired) electrons. The van der Waals surface area contributed by atoms with E-state index in [9.17, 15) is 4.79 Å². The molecule has 21 heavy (non-hydrogen) atoms. The summed E-state index contributed by atoms with van der Waals surface area (Å²) in [5.41, 5.74) is 2.04. The fourth-order valence-corrected chi connectivity index (χ4v) is 2.73. The minimum atomic E-state index is -0.347. The van der Waals surface area contributed by atoms with Gasteiger partial charge >= 0.3 is 6.03 Å². The molecule has 0 atom stereocenters. The van der Waals surface area contributed by atoms with Gasteiger partial charge in [-0.2, -0.15) is 5.26 Å². The number of fused-ring (bicyclic) bond motifs is 1. The standard InChI is InChI=1S/C15H10N4OS/c16-9-10-6-7-12-13(8-10)21-15(18-12)19-14(20)17-11-4-2-1-3-5-11/h1-8H,(H2,17,18,19,20). The molecule has 6 heteroatoms. The van der Waals surface area contributed by atoms with E-state index in [4.69, 9.17) is 5.26 Å². The summed E-state index contributed by atoms with van der Waals surface area (Å²) in [6.45, 7) is 0. The highest BCUT2D eigenvalue weighted by molar-refractivity contribution is 7.22. The van der Waals surface area contributed by atoms with Crippen molar-refractivity contribution in [2.75, 3.05) is 10.6 Å². The van der Waals surface area contributed by atoms with Gasteiger partial charge in [0.25, 0.3) is 0 Å². The number of urea groups is 1. The highest BCUT2D eigenvalue weighted by atomic mass is 32.1. The number of anilines is 2. The lowest BCUT2D eigenvalue weighted by molar-refractivity contribution is 0.262. The molecule has 2 amide bonds. The van der Waals surface area contributed by atoms with E-state index in [0.717, 1.165) is 10.2 Å². The number of thiazole rings is 1. The second-order valence-electron chi connectivity index (χ2n) is 4.26. The van der Waals surface area contributed by atoms with Crippen LogP contribution in [-0.4, -0.2) is 11.0 Å². The summed E-state index contributed by atoms with van der Waals surface area (Å²) in [6.07, 6.45) is 0. The minimum absolute atomic E-state index is 0.347. The lowest BCUT2D eigenvalue weighted by Crippen LogP contribution is -2.19. The monoisotopic (exact) mass is 294 g/mol. The quantitative estimate of drug-likeness (QED) is 0.754. The molecule has 0 fully saturated rings. The third kappa shape index (κ3) is 2.99. The van der Waals surface area contributed by atoms with Gasteiger partial charge in [0.05, 0.1) is 21.8 Å². The van der Waals surface area contributed by atoms with Gasteiger partial charge in [-0.1, -0.05) is 29.5 Å². The molecular weight excluding hydrogens is 284 g/mol. The SMILES string of the molecule is N#Cc1ccc2nc(NC(=O)Nc3ccccc3)sc2c1. The van der Waals surface area contributed by atoms with Crippen LogP contribution in [0.4, 0.5) is 15.6 Å². The van der Waals surface area contributed by atoms with E-state index >= 15 is 0 Å². The zero-order valence-corrected chi connectivity index (χ0v) is 11.6. The van der Waals surface area contributed by atoms with Gasteiger partial charge in [-0.05, 0) is 30.3 Å². The Morgan fingerprint density at radius 2 is 1.95 bits per heavy atom. The zero-order valence-electron chi connectivity index (χ0n) is 10.8. The molecule has 0 unspecified atom stereocenters. The van der Waals surface area contributed by atoms with E-state index < -0.39 is 0 Å². The number of carbonyl (C=O) groups is 1. The Labute approximate surface area is 124 Å². The van der Waals surface area contributed by atoms with Crippen molar-refractivity contribution < 1.29 is 4.79 Å². The van der Waals surface area contributed by atoms with Gasteiger partial charge in [0.2, 0.25) is 0 Å². The molecule has 2 aromatic carbocycles. The van der Waals surface area contributed by atoms with Crippen LogP contribution in [-0.2, 0) is 0 Å². The van der Waals surface area contributed by atoms with E-state index in [1.54, 1.807) is 30.3 Å². The van der Waals surface area contributed by atoms with Crippen LogP contribution in [0.2, 0.25) is 0 Å². The molecule has 3 aromatic rings. The van der Waals surface area contributed by atoms with Crippen molar-refractivity contribution in [3.8, 4) is 6.07 Å². The Morgan fingerprint density at radius 3 is 2.71 bits per heavy atom. The number of aromatic nitrogens is 1. The molecule has 0 bridgehead atoms. The fourth-order valence-electron chi connectivity index (χ4n) is 1.83. The Morgan fingerprint density at radius 1 is 1.14 bits per heavy atom. The molecule has 0 saturated heterocycles. The summed E-state index contributed by atoms with van der Waals surface area (Å²) in [5, 5.41) is 14.8. The average Bonchev–Trinajstić information content (AvgIpc) is 2.89. The van der Waals surface area contributed by atoms with Crippen LogP contribution in [0, 0.1) is 11.3 Å². The largest absolute Gasteiger partial charge is 0.325 e. The van der Waals surface area contributed by atoms with Gasteiger partial charge in [-0.25, -0.2) is 9.78 Å². The Kier molecular flexibility index (Phi) is 3.50. The molecule has 0 aliphatic carbocycles. The maximum absolute atomic E-state index is 11.9. The van der Waals surface area contributed by atoms with Gasteiger partial charge in [0.1, 0.15) is 0 Å². The average molecular weight is 294 g/mol. The Hall–Kier alpha value is -2.91. The van der Waals surface area contributed by atoms with Crippen molar-refractivity contribution in [3.63, 3.8) is 0 Å². The van der Waals surface area contributed by atoms with Crippen LogP contribution in [0.25, 0.3) is 10.2 Å². The molecular formula is C15H10N4OS. The number of para-hydroxylation sites is 1. The maximum Gasteiger partial charge on any atom is 0.325 e. The van der Waals surface area contributed by atoms with E-state index in [0.29, 0.717) is 16.4 Å². The molecule has 0 aliphatic rings. The molecule has 5 nitrogen and oxygen atoms in total. The van der Waals surface area contributed by atoms with Gasteiger partial charge in [0, 0.05) is 5.69 Å². The lowest BCUT2D eigenvalue weighted by Gasteiger charge is -2.04. The number of benzene rings is 2. The molecule has 1 heterocycles.